The van der Waals surface area contributed by atoms with E-state index in [-0.39, 0.29) is 0 Å². The molecule has 0 saturated carbocycles. The van der Waals surface area contributed by atoms with Gasteiger partial charge in [-0.25, -0.2) is 0 Å². The third kappa shape index (κ3) is 13.3. The Morgan fingerprint density at radius 3 is 0.492 bits per heavy atom. The molecule has 0 unspecified atom stereocenters. The molecule has 0 spiro atoms. The van der Waals surface area contributed by atoms with Crippen molar-refractivity contribution in [2.24, 2.45) is 0 Å². The predicted octanol–water partition coefficient (Wildman–Crippen LogP) is 34.7. The van der Waals surface area contributed by atoms with Crippen LogP contribution < -0.4 is 0 Å². The first-order valence-corrected chi connectivity index (χ1v) is 44.9. The zero-order chi connectivity index (χ0) is 86.9. The average Bonchev–Trinajstić information content (AvgIpc) is 1.31. The zero-order valence-corrected chi connectivity index (χ0v) is 74.3. The monoisotopic (exact) mass is 1640 g/mol. The Bertz CT molecular complexity index is 8180. The van der Waals surface area contributed by atoms with Gasteiger partial charge < -0.3 is 13.7 Å². The SMILES string of the molecule is Cc1ccc(-c2c3cc(C)c(C)cc3c(-c3ccc(-n4c5ccccc5c5ccccc54)cc3)c3cc(C)c(C)cc23)cc1.Cc1ccc(-c2c3ccc(C)cc3c(-c3ccc(-n4c5ccccc5c5ccccc54)cc3)c3ccc(C)cc23)cc1.Cc1ccc(-c2c3ccccc3c(-c3ccc(-n4c5ccccc5c5ccccc54)cc3)c3cc(C)c(C)cc23)cc1. The normalized spacial score (nSPS) is 11.7. The number of nitrogens with zero attached hydrogens (tertiary/aromatic N) is 3. The number of fused-ring (bicyclic) bond motifs is 15. The predicted molar refractivity (Wildman–Crippen MR) is 552 cm³/mol. The van der Waals surface area contributed by atoms with Gasteiger partial charge in [-0.1, -0.05) is 343 Å². The van der Waals surface area contributed by atoms with Crippen molar-refractivity contribution in [2.75, 3.05) is 0 Å². The van der Waals surface area contributed by atoms with Crippen molar-refractivity contribution in [1.29, 1.82) is 0 Å². The molecule has 0 N–H and O–H groups in total. The Balaban J connectivity index is 0.000000113. The molecule has 3 aromatic heterocycles. The Hall–Kier alpha value is -15.4. The van der Waals surface area contributed by atoms with Crippen LogP contribution in [0.2, 0.25) is 0 Å². The number of para-hydroxylation sites is 6. The molecule has 128 heavy (non-hydrogen) atoms. The van der Waals surface area contributed by atoms with E-state index in [1.54, 1.807) is 0 Å². The maximum atomic E-state index is 2.41. The molecule has 0 radical (unpaired) electrons. The number of aryl methyl sites for hydroxylation is 11. The van der Waals surface area contributed by atoms with E-state index >= 15 is 0 Å². The molecule has 3 nitrogen and oxygen atoms in total. The lowest BCUT2D eigenvalue weighted by molar-refractivity contribution is 1.18. The zero-order valence-electron chi connectivity index (χ0n) is 74.3. The molecular formula is C125H97N3. The summed E-state index contributed by atoms with van der Waals surface area (Å²) in [6, 6.07) is 144. The van der Waals surface area contributed by atoms with Gasteiger partial charge in [-0.05, 0) is 314 Å². The second-order valence-electron chi connectivity index (χ2n) is 35.7. The molecule has 0 aliphatic rings. The largest absolute Gasteiger partial charge is 0.309 e. The number of rotatable bonds is 9. The van der Waals surface area contributed by atoms with Gasteiger partial charge in [-0.2, -0.15) is 0 Å². The number of aromatic nitrogens is 3. The van der Waals surface area contributed by atoms with E-state index in [0.717, 1.165) is 0 Å². The van der Waals surface area contributed by atoms with E-state index in [4.69, 9.17) is 0 Å². The van der Waals surface area contributed by atoms with Crippen molar-refractivity contribution in [3.8, 4) is 83.8 Å². The Morgan fingerprint density at radius 2 is 0.281 bits per heavy atom. The summed E-state index contributed by atoms with van der Waals surface area (Å²) in [6.07, 6.45) is 0. The van der Waals surface area contributed by atoms with E-state index in [2.05, 4.69) is 478 Å². The van der Waals surface area contributed by atoms with Crippen LogP contribution in [0.1, 0.15) is 61.2 Å². The molecule has 0 aliphatic heterocycles. The highest BCUT2D eigenvalue weighted by Gasteiger charge is 2.25. The average molecular weight is 1640 g/mol. The van der Waals surface area contributed by atoms with Crippen LogP contribution in [0.5, 0.6) is 0 Å². The minimum atomic E-state index is 1.17. The summed E-state index contributed by atoms with van der Waals surface area (Å²) in [6.45, 7) is 24.2. The van der Waals surface area contributed by atoms with Gasteiger partial charge in [0, 0.05) is 49.4 Å². The van der Waals surface area contributed by atoms with E-state index in [1.807, 2.05) is 0 Å². The fourth-order valence-electron chi connectivity index (χ4n) is 20.6. The van der Waals surface area contributed by atoms with Gasteiger partial charge in [-0.3, -0.25) is 0 Å². The molecule has 0 saturated heterocycles. The summed E-state index contributed by atoms with van der Waals surface area (Å²) in [4.78, 5) is 0. The van der Waals surface area contributed by atoms with Crippen molar-refractivity contribution in [3.05, 3.63) is 449 Å². The molecule has 21 aromatic carbocycles. The minimum Gasteiger partial charge on any atom is -0.309 e. The first-order chi connectivity index (χ1) is 62.5. The maximum Gasteiger partial charge on any atom is 0.0541 e. The van der Waals surface area contributed by atoms with E-state index in [9.17, 15) is 0 Å². The minimum absolute atomic E-state index is 1.17. The quantitative estimate of drug-likeness (QED) is 0.128. The van der Waals surface area contributed by atoms with Gasteiger partial charge in [0.25, 0.3) is 0 Å². The van der Waals surface area contributed by atoms with Crippen molar-refractivity contribution in [1.82, 2.24) is 13.7 Å². The van der Waals surface area contributed by atoms with Crippen molar-refractivity contribution >= 4 is 130 Å². The van der Waals surface area contributed by atoms with Gasteiger partial charge in [-0.15, -0.1) is 0 Å². The first kappa shape index (κ1) is 78.6. The highest BCUT2D eigenvalue weighted by atomic mass is 15.0. The fourth-order valence-corrected chi connectivity index (χ4v) is 20.6. The van der Waals surface area contributed by atoms with Crippen LogP contribution in [0, 0.1) is 76.2 Å². The third-order valence-electron chi connectivity index (χ3n) is 27.4. The number of hydrogen-bond acceptors (Lipinski definition) is 0. The third-order valence-corrected chi connectivity index (χ3v) is 27.4. The summed E-state index contributed by atoms with van der Waals surface area (Å²) in [5.74, 6) is 0. The second-order valence-corrected chi connectivity index (χ2v) is 35.7. The summed E-state index contributed by atoms with van der Waals surface area (Å²) in [5, 5.41) is 23.3. The molecule has 612 valence electrons. The Kier molecular flexibility index (Phi) is 19.4. The van der Waals surface area contributed by atoms with Gasteiger partial charge in [0.2, 0.25) is 0 Å². The van der Waals surface area contributed by atoms with Crippen molar-refractivity contribution in [2.45, 2.75) is 76.2 Å². The van der Waals surface area contributed by atoms with Crippen LogP contribution in [0.3, 0.4) is 0 Å². The highest BCUT2D eigenvalue weighted by molar-refractivity contribution is 6.25. The van der Waals surface area contributed by atoms with Crippen LogP contribution >= 0.6 is 0 Å². The molecule has 24 aromatic rings. The molecular weight excluding hydrogens is 1540 g/mol. The van der Waals surface area contributed by atoms with Crippen LogP contribution in [0.25, 0.3) is 214 Å². The molecule has 3 heteroatoms. The van der Waals surface area contributed by atoms with E-state index in [1.165, 1.54) is 275 Å². The van der Waals surface area contributed by atoms with Gasteiger partial charge >= 0.3 is 0 Å². The fraction of sp³-hybridized carbons (Fsp3) is 0.0880. The van der Waals surface area contributed by atoms with Crippen LogP contribution in [0.4, 0.5) is 0 Å². The molecule has 0 atom stereocenters. The standard InChI is InChI=1S/C43H35N.2C41H31N/c1-26-14-16-31(17-15-26)42-36-22-27(2)29(4)24-38(36)43(39-25-30(5)28(3)23-37(39)42)32-18-20-33(21-19-32)44-40-12-8-6-10-34(40)35-11-7-9-13-41(35)44;1-26-12-16-29(17-13-26)40-34-22-14-28(3)25-37(34)41(35-23-15-27(2)24-36(35)40)30-18-20-31(21-19-30)42-38-10-6-4-8-32(38)33-9-5-7-11-39(33)42;1-26-16-18-29(19-17-26)40-34-12-4-5-13-35(34)41(37-25-28(3)27(2)24-36(37)40)30-20-22-31(23-21-30)42-38-14-8-6-10-32(38)33-11-7-9-15-39(33)42/h6-25H,1-5H3;2*4-25H,1-3H3. The number of benzene rings is 21. The molecule has 0 fully saturated rings. The molecule has 3 heterocycles. The summed E-state index contributed by atoms with van der Waals surface area (Å²) >= 11 is 0. The number of hydrogen-bond donors (Lipinski definition) is 0. The first-order valence-electron chi connectivity index (χ1n) is 44.9. The highest BCUT2D eigenvalue weighted by Crippen LogP contribution is 2.51. The smallest absolute Gasteiger partial charge is 0.0541 e. The lowest BCUT2D eigenvalue weighted by Crippen LogP contribution is -1.96. The van der Waals surface area contributed by atoms with Gasteiger partial charge in [0.05, 0.1) is 33.1 Å². The molecule has 24 rings (SSSR count). The van der Waals surface area contributed by atoms with Crippen LogP contribution in [-0.2, 0) is 0 Å². The van der Waals surface area contributed by atoms with Gasteiger partial charge in [0.1, 0.15) is 0 Å². The van der Waals surface area contributed by atoms with Crippen molar-refractivity contribution < 1.29 is 0 Å². The summed E-state index contributed by atoms with van der Waals surface area (Å²) < 4.78 is 7.17. The Labute approximate surface area is 748 Å². The molecule has 0 bridgehead atoms. The topological polar surface area (TPSA) is 14.8 Å². The molecule has 0 amide bonds. The Morgan fingerprint density at radius 1 is 0.125 bits per heavy atom. The van der Waals surface area contributed by atoms with Crippen LogP contribution in [-0.4, -0.2) is 13.7 Å². The summed E-state index contributed by atoms with van der Waals surface area (Å²) in [7, 11) is 0. The van der Waals surface area contributed by atoms with E-state index < -0.39 is 0 Å². The van der Waals surface area contributed by atoms with Crippen molar-refractivity contribution in [3.63, 3.8) is 0 Å². The second kappa shape index (κ2) is 31.7. The molecule has 0 aliphatic carbocycles. The van der Waals surface area contributed by atoms with E-state index in [0.29, 0.717) is 0 Å². The summed E-state index contributed by atoms with van der Waals surface area (Å²) in [5.41, 5.74) is 40.6. The van der Waals surface area contributed by atoms with Crippen LogP contribution in [0.15, 0.2) is 388 Å². The lowest BCUT2D eigenvalue weighted by Gasteiger charge is -2.21. The lowest BCUT2D eigenvalue weighted by atomic mass is 9.83. The maximum absolute atomic E-state index is 2.41. The van der Waals surface area contributed by atoms with Gasteiger partial charge in [0.15, 0.2) is 0 Å².